The zero-order valence-corrected chi connectivity index (χ0v) is 13.9. The van der Waals surface area contributed by atoms with Crippen LogP contribution in [0.4, 0.5) is 11.4 Å². The second kappa shape index (κ2) is 7.69. The number of benzene rings is 2. The van der Waals surface area contributed by atoms with E-state index in [0.29, 0.717) is 10.8 Å². The Kier molecular flexibility index (Phi) is 5.65. The summed E-state index contributed by atoms with van der Waals surface area (Å²) in [6, 6.07) is 14.7. The number of nitro groups is 1. The van der Waals surface area contributed by atoms with Crippen LogP contribution in [0.15, 0.2) is 48.5 Å². The van der Waals surface area contributed by atoms with Crippen molar-refractivity contribution in [2.24, 2.45) is 0 Å². The Balaban J connectivity index is 2.04. The molecule has 1 atom stereocenters. The lowest BCUT2D eigenvalue weighted by Gasteiger charge is -2.20. The van der Waals surface area contributed by atoms with Crippen molar-refractivity contribution in [3.05, 3.63) is 69.8 Å². The second-order valence-electron chi connectivity index (χ2n) is 5.28. The van der Waals surface area contributed by atoms with E-state index in [1.54, 1.807) is 12.1 Å². The number of anilines is 1. The molecule has 120 valence electrons. The lowest BCUT2D eigenvalue weighted by Crippen LogP contribution is -2.32. The predicted molar refractivity (Wildman–Crippen MR) is 96.7 cm³/mol. The van der Waals surface area contributed by atoms with Gasteiger partial charge >= 0.3 is 0 Å². The summed E-state index contributed by atoms with van der Waals surface area (Å²) in [6.07, 6.45) is 0.875. The Hall–Kier alpha value is -2.47. The van der Waals surface area contributed by atoms with Crippen LogP contribution in [-0.2, 0) is 0 Å². The molecule has 0 spiro atoms. The molecule has 2 N–H and O–H groups in total. The molecule has 6 heteroatoms. The lowest BCUT2D eigenvalue weighted by molar-refractivity contribution is -0.384. The van der Waals surface area contributed by atoms with Gasteiger partial charge in [0.1, 0.15) is 0 Å². The first-order chi connectivity index (χ1) is 11.0. The summed E-state index contributed by atoms with van der Waals surface area (Å²) in [5.74, 6) is 0. The van der Waals surface area contributed by atoms with Crippen LogP contribution >= 0.6 is 12.2 Å². The van der Waals surface area contributed by atoms with Gasteiger partial charge in [0.15, 0.2) is 5.11 Å². The summed E-state index contributed by atoms with van der Waals surface area (Å²) in [7, 11) is 0. The third-order valence-corrected chi connectivity index (χ3v) is 3.73. The van der Waals surface area contributed by atoms with Gasteiger partial charge in [-0.2, -0.15) is 0 Å². The smallest absolute Gasteiger partial charge is 0.271 e. The summed E-state index contributed by atoms with van der Waals surface area (Å²) in [5.41, 5.74) is 2.99. The highest BCUT2D eigenvalue weighted by molar-refractivity contribution is 7.80. The van der Waals surface area contributed by atoms with E-state index in [9.17, 15) is 10.1 Å². The van der Waals surface area contributed by atoms with Crippen molar-refractivity contribution < 1.29 is 4.92 Å². The van der Waals surface area contributed by atoms with Crippen LogP contribution in [0.2, 0.25) is 0 Å². The zero-order chi connectivity index (χ0) is 16.8. The van der Waals surface area contributed by atoms with Gasteiger partial charge < -0.3 is 10.6 Å². The molecule has 0 radical (unpaired) electrons. The van der Waals surface area contributed by atoms with Gasteiger partial charge in [-0.15, -0.1) is 0 Å². The summed E-state index contributed by atoms with van der Waals surface area (Å²) in [6.45, 7) is 4.13. The number of aryl methyl sites for hydroxylation is 1. The summed E-state index contributed by atoms with van der Waals surface area (Å²) >= 11 is 5.32. The van der Waals surface area contributed by atoms with Gasteiger partial charge in [-0.1, -0.05) is 42.8 Å². The van der Waals surface area contributed by atoms with Gasteiger partial charge in [-0.05, 0) is 37.2 Å². The number of non-ortho nitro benzene ring substituents is 1. The number of nitrogens with zero attached hydrogens (tertiary/aromatic N) is 1. The summed E-state index contributed by atoms with van der Waals surface area (Å²) in [4.78, 5) is 10.4. The SMILES string of the molecule is CCC(NC(=S)Nc1cccc([N+](=O)[O-])c1)c1ccc(C)cc1. The van der Waals surface area contributed by atoms with Crippen LogP contribution in [0, 0.1) is 17.0 Å². The van der Waals surface area contributed by atoms with Crippen molar-refractivity contribution in [3.8, 4) is 0 Å². The minimum Gasteiger partial charge on any atom is -0.356 e. The first-order valence-electron chi connectivity index (χ1n) is 7.38. The van der Waals surface area contributed by atoms with Gasteiger partial charge in [0.05, 0.1) is 11.0 Å². The fourth-order valence-corrected chi connectivity index (χ4v) is 2.50. The minimum atomic E-state index is -0.428. The third kappa shape index (κ3) is 4.75. The molecule has 1 unspecified atom stereocenters. The van der Waals surface area contributed by atoms with Crippen molar-refractivity contribution in [2.45, 2.75) is 26.3 Å². The van der Waals surface area contributed by atoms with E-state index >= 15 is 0 Å². The van der Waals surface area contributed by atoms with Gasteiger partial charge in [0, 0.05) is 17.8 Å². The molecular weight excluding hydrogens is 310 g/mol. The van der Waals surface area contributed by atoms with E-state index in [0.717, 1.165) is 12.0 Å². The van der Waals surface area contributed by atoms with Gasteiger partial charge in [0.25, 0.3) is 5.69 Å². The van der Waals surface area contributed by atoms with Crippen LogP contribution in [0.5, 0.6) is 0 Å². The molecule has 0 aliphatic carbocycles. The fourth-order valence-electron chi connectivity index (χ4n) is 2.24. The Labute approximate surface area is 140 Å². The van der Waals surface area contributed by atoms with E-state index in [1.165, 1.54) is 17.7 Å². The number of hydrogen-bond acceptors (Lipinski definition) is 3. The fraction of sp³-hybridized carbons (Fsp3) is 0.235. The van der Waals surface area contributed by atoms with Crippen LogP contribution in [0.1, 0.15) is 30.5 Å². The predicted octanol–water partition coefficient (Wildman–Crippen LogP) is 4.34. The highest BCUT2D eigenvalue weighted by Crippen LogP contribution is 2.19. The van der Waals surface area contributed by atoms with E-state index in [-0.39, 0.29) is 11.7 Å². The molecule has 0 aromatic heterocycles. The highest BCUT2D eigenvalue weighted by Gasteiger charge is 2.11. The number of hydrogen-bond donors (Lipinski definition) is 2. The topological polar surface area (TPSA) is 67.2 Å². The molecule has 0 aliphatic heterocycles. The van der Waals surface area contributed by atoms with Crippen LogP contribution in [-0.4, -0.2) is 10.0 Å². The van der Waals surface area contributed by atoms with Crippen molar-refractivity contribution in [1.82, 2.24) is 5.32 Å². The minimum absolute atomic E-state index is 0.0309. The van der Waals surface area contributed by atoms with Crippen molar-refractivity contribution in [1.29, 1.82) is 0 Å². The van der Waals surface area contributed by atoms with E-state index in [4.69, 9.17) is 12.2 Å². The van der Waals surface area contributed by atoms with E-state index in [2.05, 4.69) is 41.8 Å². The molecule has 0 fully saturated rings. The lowest BCUT2D eigenvalue weighted by atomic mass is 10.0. The van der Waals surface area contributed by atoms with Crippen molar-refractivity contribution >= 4 is 28.7 Å². The Morgan fingerprint density at radius 1 is 1.26 bits per heavy atom. The molecule has 0 amide bonds. The summed E-state index contributed by atoms with van der Waals surface area (Å²) in [5, 5.41) is 17.5. The van der Waals surface area contributed by atoms with E-state index < -0.39 is 4.92 Å². The number of nitro benzene ring substituents is 1. The molecule has 0 saturated carbocycles. The first-order valence-corrected chi connectivity index (χ1v) is 7.79. The molecule has 0 bridgehead atoms. The molecule has 23 heavy (non-hydrogen) atoms. The standard InChI is InChI=1S/C17H19N3O2S/c1-3-16(13-9-7-12(2)8-10-13)19-17(23)18-14-5-4-6-15(11-14)20(21)22/h4-11,16H,3H2,1-2H3,(H2,18,19,23). The zero-order valence-electron chi connectivity index (χ0n) is 13.1. The van der Waals surface area contributed by atoms with Crippen molar-refractivity contribution in [2.75, 3.05) is 5.32 Å². The van der Waals surface area contributed by atoms with E-state index in [1.807, 2.05) is 6.92 Å². The Morgan fingerprint density at radius 2 is 1.96 bits per heavy atom. The second-order valence-corrected chi connectivity index (χ2v) is 5.69. The highest BCUT2D eigenvalue weighted by atomic mass is 32.1. The average molecular weight is 329 g/mol. The quantitative estimate of drug-likeness (QED) is 0.485. The molecule has 2 aromatic rings. The molecule has 2 aromatic carbocycles. The maximum absolute atomic E-state index is 10.8. The van der Waals surface area contributed by atoms with Crippen molar-refractivity contribution in [3.63, 3.8) is 0 Å². The van der Waals surface area contributed by atoms with Gasteiger partial charge in [0.2, 0.25) is 0 Å². The molecule has 5 nitrogen and oxygen atoms in total. The van der Waals surface area contributed by atoms with Crippen LogP contribution in [0.3, 0.4) is 0 Å². The average Bonchev–Trinajstić information content (AvgIpc) is 2.53. The Bertz CT molecular complexity index is 701. The summed E-state index contributed by atoms with van der Waals surface area (Å²) < 4.78 is 0. The number of nitrogens with one attached hydrogen (secondary N) is 2. The first kappa shape index (κ1) is 16.9. The molecule has 2 rings (SSSR count). The van der Waals surface area contributed by atoms with Crippen LogP contribution in [0.25, 0.3) is 0 Å². The van der Waals surface area contributed by atoms with Gasteiger partial charge in [-0.25, -0.2) is 0 Å². The maximum Gasteiger partial charge on any atom is 0.271 e. The molecular formula is C17H19N3O2S. The van der Waals surface area contributed by atoms with Crippen LogP contribution < -0.4 is 10.6 Å². The Morgan fingerprint density at radius 3 is 2.57 bits per heavy atom. The number of rotatable bonds is 5. The van der Waals surface area contributed by atoms with Gasteiger partial charge in [-0.3, -0.25) is 10.1 Å². The maximum atomic E-state index is 10.8. The monoisotopic (exact) mass is 329 g/mol. The number of thiocarbonyl (C=S) groups is 1. The molecule has 0 heterocycles. The normalized spacial score (nSPS) is 11.6. The molecule has 0 saturated heterocycles. The third-order valence-electron chi connectivity index (χ3n) is 3.51. The largest absolute Gasteiger partial charge is 0.356 e. The molecule has 0 aliphatic rings.